The molecule has 0 aromatic carbocycles. The number of carbonyl (C=O) groups is 1. The maximum Gasteiger partial charge on any atom is 0.320 e. The summed E-state index contributed by atoms with van der Waals surface area (Å²) in [5, 5.41) is 5.59. The monoisotopic (exact) mass is 235 g/mol. The van der Waals surface area contributed by atoms with E-state index < -0.39 is 0 Å². The minimum absolute atomic E-state index is 0.182. The molecule has 4 nitrogen and oxygen atoms in total. The summed E-state index contributed by atoms with van der Waals surface area (Å²) in [5.74, 6) is 1.24. The van der Waals surface area contributed by atoms with Gasteiger partial charge >= 0.3 is 6.03 Å². The van der Waals surface area contributed by atoms with Crippen molar-refractivity contribution in [3.05, 3.63) is 24.4 Å². The van der Waals surface area contributed by atoms with Crippen LogP contribution in [0.5, 0.6) is 0 Å². The van der Waals surface area contributed by atoms with Crippen LogP contribution in [0.3, 0.4) is 0 Å². The lowest BCUT2D eigenvalue weighted by molar-refractivity contribution is 0.248. The number of carbonyl (C=O) groups excluding carboxylic acids is 1. The Morgan fingerprint density at radius 2 is 2.06 bits per heavy atom. The van der Waals surface area contributed by atoms with E-state index in [1.807, 2.05) is 19.1 Å². The van der Waals surface area contributed by atoms with Gasteiger partial charge in [0, 0.05) is 12.2 Å². The van der Waals surface area contributed by atoms with Gasteiger partial charge in [0.05, 0.1) is 0 Å². The van der Waals surface area contributed by atoms with Crippen LogP contribution in [0.25, 0.3) is 0 Å². The number of aromatic nitrogens is 1. The zero-order valence-corrected chi connectivity index (χ0v) is 10.7. The Morgan fingerprint density at radius 3 is 2.65 bits per heavy atom. The number of pyridine rings is 1. The maximum atomic E-state index is 11.6. The second-order valence-electron chi connectivity index (χ2n) is 4.69. The van der Waals surface area contributed by atoms with E-state index in [4.69, 9.17) is 0 Å². The van der Waals surface area contributed by atoms with E-state index in [1.54, 1.807) is 12.3 Å². The molecule has 94 valence electrons. The average Bonchev–Trinajstić information content (AvgIpc) is 2.27. The van der Waals surface area contributed by atoms with Crippen LogP contribution in [-0.2, 0) is 0 Å². The summed E-state index contributed by atoms with van der Waals surface area (Å²) in [5.41, 5.74) is 0. The van der Waals surface area contributed by atoms with Gasteiger partial charge in [0.25, 0.3) is 0 Å². The van der Waals surface area contributed by atoms with Crippen molar-refractivity contribution in [2.75, 3.05) is 5.32 Å². The maximum absolute atomic E-state index is 11.6. The van der Waals surface area contributed by atoms with Gasteiger partial charge < -0.3 is 5.32 Å². The van der Waals surface area contributed by atoms with Gasteiger partial charge in [-0.25, -0.2) is 9.78 Å². The van der Waals surface area contributed by atoms with Gasteiger partial charge in [0.15, 0.2) is 0 Å². The quantitative estimate of drug-likeness (QED) is 0.824. The van der Waals surface area contributed by atoms with Crippen LogP contribution in [0.2, 0.25) is 0 Å². The summed E-state index contributed by atoms with van der Waals surface area (Å²) in [4.78, 5) is 15.6. The molecule has 1 atom stereocenters. The number of hydrogen-bond acceptors (Lipinski definition) is 2. The van der Waals surface area contributed by atoms with Crippen LogP contribution in [0.15, 0.2) is 24.4 Å². The van der Waals surface area contributed by atoms with Crippen molar-refractivity contribution in [2.45, 2.75) is 39.7 Å². The Labute approximate surface area is 103 Å². The van der Waals surface area contributed by atoms with Gasteiger partial charge in [0.2, 0.25) is 0 Å². The first-order valence-electron chi connectivity index (χ1n) is 6.06. The Kier molecular flexibility index (Phi) is 5.46. The van der Waals surface area contributed by atoms with Crippen molar-refractivity contribution in [2.24, 2.45) is 5.92 Å². The van der Waals surface area contributed by atoms with Gasteiger partial charge in [-0.05, 0) is 37.8 Å². The highest BCUT2D eigenvalue weighted by Gasteiger charge is 2.08. The van der Waals surface area contributed by atoms with Gasteiger partial charge in [-0.2, -0.15) is 0 Å². The molecule has 2 amide bonds. The number of anilines is 1. The predicted molar refractivity (Wildman–Crippen MR) is 69.9 cm³/mol. The molecule has 2 N–H and O–H groups in total. The van der Waals surface area contributed by atoms with Gasteiger partial charge in [-0.15, -0.1) is 0 Å². The number of urea groups is 1. The van der Waals surface area contributed by atoms with Crippen molar-refractivity contribution in [1.82, 2.24) is 10.3 Å². The minimum Gasteiger partial charge on any atom is -0.335 e. The zero-order valence-electron chi connectivity index (χ0n) is 10.7. The summed E-state index contributed by atoms with van der Waals surface area (Å²) in [6, 6.07) is 5.40. The first-order valence-corrected chi connectivity index (χ1v) is 6.06. The van der Waals surface area contributed by atoms with Gasteiger partial charge in [-0.3, -0.25) is 5.32 Å². The molecule has 0 aliphatic heterocycles. The molecule has 0 aliphatic carbocycles. The summed E-state index contributed by atoms with van der Waals surface area (Å²) in [6.45, 7) is 6.38. The lowest BCUT2D eigenvalue weighted by Crippen LogP contribution is -2.36. The lowest BCUT2D eigenvalue weighted by atomic mass is 10.0. The Morgan fingerprint density at radius 1 is 1.29 bits per heavy atom. The van der Waals surface area contributed by atoms with Crippen LogP contribution in [0, 0.1) is 5.92 Å². The molecule has 0 spiro atoms. The van der Waals surface area contributed by atoms with Crippen molar-refractivity contribution in [3.8, 4) is 0 Å². The molecule has 0 saturated heterocycles. The predicted octanol–water partition coefficient (Wildman–Crippen LogP) is 3.03. The minimum atomic E-state index is -0.194. The van der Waals surface area contributed by atoms with E-state index >= 15 is 0 Å². The van der Waals surface area contributed by atoms with E-state index in [1.165, 1.54) is 0 Å². The van der Waals surface area contributed by atoms with Crippen molar-refractivity contribution in [3.63, 3.8) is 0 Å². The largest absolute Gasteiger partial charge is 0.335 e. The fourth-order valence-electron chi connectivity index (χ4n) is 1.47. The Bertz CT molecular complexity index is 338. The molecule has 4 heteroatoms. The highest BCUT2D eigenvalue weighted by atomic mass is 16.2. The fourth-order valence-corrected chi connectivity index (χ4v) is 1.47. The third-order valence-electron chi connectivity index (χ3n) is 2.46. The number of rotatable bonds is 5. The molecule has 0 fully saturated rings. The van der Waals surface area contributed by atoms with Crippen LogP contribution in [0.1, 0.15) is 33.6 Å². The molecular weight excluding hydrogens is 214 g/mol. The smallest absolute Gasteiger partial charge is 0.320 e. The van der Waals surface area contributed by atoms with Crippen LogP contribution >= 0.6 is 0 Å². The van der Waals surface area contributed by atoms with Crippen LogP contribution in [0.4, 0.5) is 10.6 Å². The molecule has 1 heterocycles. The molecule has 1 aromatic heterocycles. The van der Waals surface area contributed by atoms with Crippen molar-refractivity contribution < 1.29 is 4.79 Å². The zero-order chi connectivity index (χ0) is 12.7. The number of nitrogens with zero attached hydrogens (tertiary/aromatic N) is 1. The molecule has 0 radical (unpaired) electrons. The normalized spacial score (nSPS) is 12.2. The fraction of sp³-hybridized carbons (Fsp3) is 0.538. The molecule has 1 aromatic rings. The Hall–Kier alpha value is -1.58. The third-order valence-corrected chi connectivity index (χ3v) is 2.46. The summed E-state index contributed by atoms with van der Waals surface area (Å²) < 4.78 is 0. The standard InChI is InChI=1S/C13H21N3O/c1-10(2)7-8-11(3)15-13(17)16-12-6-4-5-9-14-12/h4-6,9-11H,7-8H2,1-3H3,(H2,14,15,16,17)/t11-/m1/s1. The van der Waals surface area contributed by atoms with E-state index in [-0.39, 0.29) is 12.1 Å². The molecule has 0 aliphatic rings. The van der Waals surface area contributed by atoms with Crippen LogP contribution < -0.4 is 10.6 Å². The summed E-state index contributed by atoms with van der Waals surface area (Å²) >= 11 is 0. The molecule has 0 bridgehead atoms. The van der Waals surface area contributed by atoms with E-state index in [0.717, 1.165) is 12.8 Å². The van der Waals surface area contributed by atoms with E-state index in [2.05, 4.69) is 29.5 Å². The molecule has 0 saturated carbocycles. The molecule has 1 rings (SSSR count). The van der Waals surface area contributed by atoms with Gasteiger partial charge in [-0.1, -0.05) is 19.9 Å². The Balaban J connectivity index is 2.29. The number of amides is 2. The second-order valence-corrected chi connectivity index (χ2v) is 4.69. The molecule has 17 heavy (non-hydrogen) atoms. The van der Waals surface area contributed by atoms with E-state index in [0.29, 0.717) is 11.7 Å². The molecular formula is C13H21N3O. The highest BCUT2D eigenvalue weighted by Crippen LogP contribution is 2.06. The lowest BCUT2D eigenvalue weighted by Gasteiger charge is -2.15. The average molecular weight is 235 g/mol. The topological polar surface area (TPSA) is 54.0 Å². The van der Waals surface area contributed by atoms with E-state index in [9.17, 15) is 4.79 Å². The number of nitrogens with one attached hydrogen (secondary N) is 2. The molecule has 0 unspecified atom stereocenters. The second kappa shape index (κ2) is 6.89. The third kappa shape index (κ3) is 5.90. The first kappa shape index (κ1) is 13.5. The SMILES string of the molecule is CC(C)CC[C@@H](C)NC(=O)Nc1ccccn1. The van der Waals surface area contributed by atoms with Crippen molar-refractivity contribution in [1.29, 1.82) is 0 Å². The van der Waals surface area contributed by atoms with Crippen LogP contribution in [-0.4, -0.2) is 17.1 Å². The van der Waals surface area contributed by atoms with Crippen molar-refractivity contribution >= 4 is 11.8 Å². The number of hydrogen-bond donors (Lipinski definition) is 2. The summed E-state index contributed by atoms with van der Waals surface area (Å²) in [7, 11) is 0. The van der Waals surface area contributed by atoms with Gasteiger partial charge in [0.1, 0.15) is 5.82 Å². The first-order chi connectivity index (χ1) is 8.08. The summed E-state index contributed by atoms with van der Waals surface area (Å²) in [6.07, 6.45) is 3.76. The highest BCUT2D eigenvalue weighted by molar-refractivity contribution is 5.88.